The number of hydrogen-bond donors (Lipinski definition) is 3. The van der Waals surface area contributed by atoms with Gasteiger partial charge in [0.25, 0.3) is 27.5 Å². The molecular formula is C45H42N4O7S. The first-order valence-corrected chi connectivity index (χ1v) is 20.4. The summed E-state index contributed by atoms with van der Waals surface area (Å²) >= 11 is 0. The van der Waals surface area contributed by atoms with E-state index in [1.54, 1.807) is 42.5 Å². The Morgan fingerprint density at radius 3 is 2.12 bits per heavy atom. The van der Waals surface area contributed by atoms with E-state index in [0.29, 0.717) is 17.9 Å². The summed E-state index contributed by atoms with van der Waals surface area (Å²) in [5, 5.41) is 19.7. The lowest BCUT2D eigenvalue weighted by atomic mass is 9.95. The van der Waals surface area contributed by atoms with Crippen molar-refractivity contribution >= 4 is 44.0 Å². The third-order valence-electron chi connectivity index (χ3n) is 10.1. The molecule has 3 N–H and O–H groups in total. The lowest BCUT2D eigenvalue weighted by Gasteiger charge is -2.23. The first-order valence-electron chi connectivity index (χ1n) is 18.9. The van der Waals surface area contributed by atoms with Gasteiger partial charge in [-0.2, -0.15) is 0 Å². The maximum absolute atomic E-state index is 13.8. The van der Waals surface area contributed by atoms with Crippen LogP contribution < -0.4 is 20.1 Å². The van der Waals surface area contributed by atoms with Gasteiger partial charge in [-0.15, -0.1) is 0 Å². The van der Waals surface area contributed by atoms with Crippen LogP contribution >= 0.6 is 0 Å². The molecule has 0 unspecified atom stereocenters. The van der Waals surface area contributed by atoms with Crippen molar-refractivity contribution in [2.24, 2.45) is 0 Å². The van der Waals surface area contributed by atoms with Gasteiger partial charge in [-0.25, -0.2) is 13.1 Å². The van der Waals surface area contributed by atoms with Gasteiger partial charge in [0.05, 0.1) is 9.82 Å². The number of anilines is 1. The number of amides is 2. The number of hydrogen-bond acceptors (Lipinski definition) is 8. The number of rotatable bonds is 14. The van der Waals surface area contributed by atoms with Crippen molar-refractivity contribution in [1.82, 2.24) is 10.0 Å². The third kappa shape index (κ3) is 9.83. The van der Waals surface area contributed by atoms with E-state index >= 15 is 0 Å². The van der Waals surface area contributed by atoms with E-state index in [1.165, 1.54) is 12.1 Å². The monoisotopic (exact) mass is 782 g/mol. The molecule has 0 radical (unpaired) electrons. The Kier molecular flexibility index (Phi) is 11.9. The highest BCUT2D eigenvalue weighted by Gasteiger charge is 2.29. The molecule has 0 heterocycles. The molecule has 11 nitrogen and oxygen atoms in total. The van der Waals surface area contributed by atoms with Crippen LogP contribution in [0.5, 0.6) is 5.75 Å². The predicted molar refractivity (Wildman–Crippen MR) is 220 cm³/mol. The van der Waals surface area contributed by atoms with Crippen LogP contribution in [0.15, 0.2) is 144 Å². The van der Waals surface area contributed by atoms with Crippen molar-refractivity contribution in [3.05, 3.63) is 166 Å². The molecule has 1 fully saturated rings. The maximum atomic E-state index is 13.8. The summed E-state index contributed by atoms with van der Waals surface area (Å²) in [5.74, 6) is -1.00. The Morgan fingerprint density at radius 2 is 1.40 bits per heavy atom. The molecule has 0 bridgehead atoms. The molecule has 1 saturated carbocycles. The van der Waals surface area contributed by atoms with Gasteiger partial charge in [0.15, 0.2) is 0 Å². The fraction of sp³-hybridized carbons (Fsp3) is 0.200. The van der Waals surface area contributed by atoms with E-state index in [0.717, 1.165) is 65.6 Å². The molecule has 0 spiro atoms. The molecule has 6 aromatic rings. The van der Waals surface area contributed by atoms with Crippen LogP contribution in [0.2, 0.25) is 0 Å². The molecule has 0 aromatic heterocycles. The number of fused-ring (bicyclic) bond motifs is 1. The topological polar surface area (TPSA) is 157 Å². The zero-order chi connectivity index (χ0) is 39.8. The highest BCUT2D eigenvalue weighted by Crippen LogP contribution is 2.31. The van der Waals surface area contributed by atoms with Gasteiger partial charge in [-0.1, -0.05) is 116 Å². The van der Waals surface area contributed by atoms with Crippen molar-refractivity contribution < 1.29 is 27.7 Å². The highest BCUT2D eigenvalue weighted by molar-refractivity contribution is 7.90. The minimum atomic E-state index is -4.59. The molecule has 2 amide bonds. The normalized spacial score (nSPS) is 13.7. The van der Waals surface area contributed by atoms with Crippen LogP contribution in [0.1, 0.15) is 53.6 Å². The SMILES string of the molecule is O=C(N[C@@H](Cc1ccc(OCc2ccc(-c3ccccc3)cc2)cc1)C(=O)NS(=O)(=O)c1ccc(NC2CCCCC2)c([N+](=O)[O-])c1)c1ccc2ccccc2c1. The number of carbonyl (C=O) groups excluding carboxylic acids is 2. The van der Waals surface area contributed by atoms with Crippen LogP contribution in [-0.4, -0.2) is 37.2 Å². The smallest absolute Gasteiger partial charge is 0.293 e. The van der Waals surface area contributed by atoms with Crippen molar-refractivity contribution in [3.63, 3.8) is 0 Å². The van der Waals surface area contributed by atoms with Gasteiger partial charge in [0, 0.05) is 24.1 Å². The van der Waals surface area contributed by atoms with Gasteiger partial charge in [-0.3, -0.25) is 19.7 Å². The highest BCUT2D eigenvalue weighted by atomic mass is 32.2. The minimum Gasteiger partial charge on any atom is -0.489 e. The van der Waals surface area contributed by atoms with Crippen LogP contribution in [0, 0.1) is 10.1 Å². The Balaban J connectivity index is 1.07. The summed E-state index contributed by atoms with van der Waals surface area (Å²) in [5.41, 5.74) is 3.91. The van der Waals surface area contributed by atoms with Crippen LogP contribution in [0.25, 0.3) is 21.9 Å². The molecule has 290 valence electrons. The van der Waals surface area contributed by atoms with E-state index in [1.807, 2.05) is 66.7 Å². The number of nitro benzene ring substituents is 1. The lowest BCUT2D eigenvalue weighted by Crippen LogP contribution is -2.49. The molecule has 1 aliphatic rings. The average molecular weight is 783 g/mol. The Morgan fingerprint density at radius 1 is 0.737 bits per heavy atom. The zero-order valence-electron chi connectivity index (χ0n) is 31.1. The summed E-state index contributed by atoms with van der Waals surface area (Å²) in [4.78, 5) is 38.4. The Labute approximate surface area is 331 Å². The number of carbonyl (C=O) groups is 2. The standard InChI is InChI=1S/C45H42N4O7S/c50-44(37-22-21-34-11-7-8-12-36(34)28-37)47-42(27-31-17-23-39(24-18-31)56-30-32-15-19-35(20-16-32)33-9-3-1-4-10-33)45(51)48-57(54,55)40-25-26-41(43(29-40)49(52)53)46-38-13-5-2-6-14-38/h1,3-4,7-12,15-26,28-29,38,42,46H,2,5-6,13-14,27,30H2,(H,47,50)(H,48,51)/t42-/m0/s1. The number of nitrogens with zero attached hydrogens (tertiary/aromatic N) is 1. The molecular weight excluding hydrogens is 741 g/mol. The number of sulfonamides is 1. The summed E-state index contributed by atoms with van der Waals surface area (Å²) in [7, 11) is -4.59. The number of nitro groups is 1. The van der Waals surface area contributed by atoms with Crippen LogP contribution in [0.4, 0.5) is 11.4 Å². The van der Waals surface area contributed by atoms with Crippen LogP contribution in [0.3, 0.4) is 0 Å². The molecule has 1 atom stereocenters. The molecule has 57 heavy (non-hydrogen) atoms. The molecule has 6 aromatic carbocycles. The second-order valence-corrected chi connectivity index (χ2v) is 15.9. The Hall–Kier alpha value is -6.53. The van der Waals surface area contributed by atoms with Crippen molar-refractivity contribution in [2.75, 3.05) is 5.32 Å². The second-order valence-electron chi connectivity index (χ2n) is 14.2. The van der Waals surface area contributed by atoms with Crippen LogP contribution in [-0.2, 0) is 27.8 Å². The summed E-state index contributed by atoms with van der Waals surface area (Å²) in [6.07, 6.45) is 4.77. The first-order chi connectivity index (χ1) is 27.6. The second kappa shape index (κ2) is 17.5. The molecule has 1 aliphatic carbocycles. The van der Waals surface area contributed by atoms with E-state index in [-0.39, 0.29) is 23.7 Å². The van der Waals surface area contributed by atoms with Crippen molar-refractivity contribution in [1.29, 1.82) is 0 Å². The fourth-order valence-electron chi connectivity index (χ4n) is 7.01. The predicted octanol–water partition coefficient (Wildman–Crippen LogP) is 8.58. The molecule has 12 heteroatoms. The van der Waals surface area contributed by atoms with E-state index in [4.69, 9.17) is 4.74 Å². The van der Waals surface area contributed by atoms with Gasteiger partial charge in [-0.05, 0) is 82.3 Å². The molecule has 0 saturated heterocycles. The molecule has 0 aliphatic heterocycles. The van der Waals surface area contributed by atoms with Gasteiger partial charge in [0.2, 0.25) is 0 Å². The van der Waals surface area contributed by atoms with Gasteiger partial charge in [0.1, 0.15) is 24.1 Å². The van der Waals surface area contributed by atoms with E-state index in [2.05, 4.69) is 27.5 Å². The third-order valence-corrected chi connectivity index (χ3v) is 11.5. The lowest BCUT2D eigenvalue weighted by molar-refractivity contribution is -0.384. The summed E-state index contributed by atoms with van der Waals surface area (Å²) in [6.45, 7) is 0.328. The fourth-order valence-corrected chi connectivity index (χ4v) is 8.05. The van der Waals surface area contributed by atoms with Crippen molar-refractivity contribution in [2.45, 2.75) is 62.1 Å². The largest absolute Gasteiger partial charge is 0.489 e. The van der Waals surface area contributed by atoms with E-state index in [9.17, 15) is 28.1 Å². The number of ether oxygens (including phenoxy) is 1. The number of nitrogens with one attached hydrogen (secondary N) is 3. The first kappa shape index (κ1) is 38.7. The Bertz CT molecular complexity index is 2490. The average Bonchev–Trinajstić information content (AvgIpc) is 3.23. The number of benzene rings is 6. The van der Waals surface area contributed by atoms with E-state index < -0.39 is 43.4 Å². The molecule has 7 rings (SSSR count). The maximum Gasteiger partial charge on any atom is 0.293 e. The van der Waals surface area contributed by atoms with Gasteiger partial charge < -0.3 is 15.4 Å². The summed E-state index contributed by atoms with van der Waals surface area (Å²) in [6, 6.07) is 40.0. The summed E-state index contributed by atoms with van der Waals surface area (Å²) < 4.78 is 35.3. The quantitative estimate of drug-likeness (QED) is 0.0733. The van der Waals surface area contributed by atoms with Gasteiger partial charge >= 0.3 is 0 Å². The zero-order valence-corrected chi connectivity index (χ0v) is 31.9. The minimum absolute atomic E-state index is 0.0461. The van der Waals surface area contributed by atoms with Crippen molar-refractivity contribution in [3.8, 4) is 16.9 Å².